The van der Waals surface area contributed by atoms with Crippen LogP contribution in [0.4, 0.5) is 5.69 Å². The Hall–Kier alpha value is -2.71. The molecule has 146 valence electrons. The lowest BCUT2D eigenvalue weighted by molar-refractivity contribution is -0.115. The molecule has 1 amide bonds. The minimum absolute atomic E-state index is 0.193. The molecule has 0 unspecified atom stereocenters. The van der Waals surface area contributed by atoms with Gasteiger partial charge in [0.05, 0.1) is 18.0 Å². The van der Waals surface area contributed by atoms with E-state index in [2.05, 4.69) is 15.5 Å². The number of carbonyl (C=O) groups is 1. The summed E-state index contributed by atoms with van der Waals surface area (Å²) in [4.78, 5) is 12.6. The molecule has 0 spiro atoms. The number of nitrogens with two attached hydrogens (primary N) is 1. The third-order valence-corrected chi connectivity index (χ3v) is 5.30. The quantitative estimate of drug-likeness (QED) is 0.468. The zero-order valence-corrected chi connectivity index (χ0v) is 17.2. The molecule has 3 N–H and O–H groups in total. The Kier molecular flexibility index (Phi) is 6.11. The second-order valence-electron chi connectivity index (χ2n) is 6.14. The first-order valence-electron chi connectivity index (χ1n) is 8.47. The SMILES string of the molecule is COc1ccc(C)cc1NC(=O)[C@H](C)Sc1nnc(-c2cccc(Cl)c2)n1N. The number of methoxy groups -OCH3 is 1. The number of amides is 1. The minimum atomic E-state index is -0.455. The van der Waals surface area contributed by atoms with Crippen LogP contribution >= 0.6 is 23.4 Å². The normalized spacial score (nSPS) is 11.9. The summed E-state index contributed by atoms with van der Waals surface area (Å²) < 4.78 is 6.66. The van der Waals surface area contributed by atoms with Gasteiger partial charge in [0.25, 0.3) is 0 Å². The lowest BCUT2D eigenvalue weighted by Gasteiger charge is -2.14. The fraction of sp³-hybridized carbons (Fsp3) is 0.211. The second kappa shape index (κ2) is 8.53. The van der Waals surface area contributed by atoms with E-state index in [0.29, 0.717) is 27.4 Å². The number of nitrogens with one attached hydrogen (secondary N) is 1. The van der Waals surface area contributed by atoms with Crippen molar-refractivity contribution >= 4 is 35.0 Å². The van der Waals surface area contributed by atoms with Crippen LogP contribution in [0.15, 0.2) is 47.6 Å². The number of anilines is 1. The molecule has 0 radical (unpaired) electrons. The van der Waals surface area contributed by atoms with Crippen LogP contribution in [0.3, 0.4) is 0 Å². The molecule has 7 nitrogen and oxygen atoms in total. The summed E-state index contributed by atoms with van der Waals surface area (Å²) in [7, 11) is 1.56. The van der Waals surface area contributed by atoms with Crippen LogP contribution in [0, 0.1) is 6.92 Å². The average Bonchev–Trinajstić information content (AvgIpc) is 3.02. The number of ether oxygens (including phenoxy) is 1. The Morgan fingerprint density at radius 3 is 2.79 bits per heavy atom. The van der Waals surface area contributed by atoms with Gasteiger partial charge >= 0.3 is 0 Å². The van der Waals surface area contributed by atoms with E-state index in [1.165, 1.54) is 16.4 Å². The fourth-order valence-electron chi connectivity index (χ4n) is 2.55. The van der Waals surface area contributed by atoms with Gasteiger partial charge in [-0.25, -0.2) is 4.68 Å². The largest absolute Gasteiger partial charge is 0.495 e. The molecule has 1 atom stereocenters. The highest BCUT2D eigenvalue weighted by Crippen LogP contribution is 2.29. The van der Waals surface area contributed by atoms with Crippen LogP contribution in [0.25, 0.3) is 11.4 Å². The number of rotatable bonds is 6. The Morgan fingerprint density at radius 2 is 2.07 bits per heavy atom. The van der Waals surface area contributed by atoms with Crippen LogP contribution in [0.1, 0.15) is 12.5 Å². The van der Waals surface area contributed by atoms with Crippen molar-refractivity contribution in [2.45, 2.75) is 24.3 Å². The molecular weight excluding hydrogens is 398 g/mol. The first kappa shape index (κ1) is 20.0. The van der Waals surface area contributed by atoms with Gasteiger partial charge in [-0.3, -0.25) is 4.79 Å². The van der Waals surface area contributed by atoms with Crippen LogP contribution in [-0.2, 0) is 4.79 Å². The van der Waals surface area contributed by atoms with Gasteiger partial charge in [-0.1, -0.05) is 41.6 Å². The van der Waals surface area contributed by atoms with E-state index in [9.17, 15) is 4.79 Å². The monoisotopic (exact) mass is 417 g/mol. The van der Waals surface area contributed by atoms with Crippen molar-refractivity contribution in [2.75, 3.05) is 18.3 Å². The Labute approximate surface area is 172 Å². The van der Waals surface area contributed by atoms with Gasteiger partial charge in [0.2, 0.25) is 11.1 Å². The number of hydrogen-bond acceptors (Lipinski definition) is 6. The van der Waals surface area contributed by atoms with Crippen molar-refractivity contribution in [3.05, 3.63) is 53.1 Å². The van der Waals surface area contributed by atoms with Gasteiger partial charge in [-0.05, 0) is 43.7 Å². The molecule has 3 rings (SSSR count). The molecule has 0 aliphatic rings. The molecular formula is C19H20ClN5O2S. The van der Waals surface area contributed by atoms with Crippen molar-refractivity contribution in [2.24, 2.45) is 0 Å². The molecule has 28 heavy (non-hydrogen) atoms. The van der Waals surface area contributed by atoms with Crippen LogP contribution in [0.5, 0.6) is 5.75 Å². The molecule has 3 aromatic rings. The summed E-state index contributed by atoms with van der Waals surface area (Å²) in [6.45, 7) is 3.72. The van der Waals surface area contributed by atoms with E-state index in [0.717, 1.165) is 11.1 Å². The van der Waals surface area contributed by atoms with Crippen LogP contribution in [0.2, 0.25) is 5.02 Å². The topological polar surface area (TPSA) is 95.1 Å². The third-order valence-electron chi connectivity index (χ3n) is 4.01. The predicted octanol–water partition coefficient (Wildman–Crippen LogP) is 3.75. The lowest BCUT2D eigenvalue weighted by atomic mass is 10.2. The molecule has 0 fully saturated rings. The molecule has 2 aromatic carbocycles. The number of halogens is 1. The lowest BCUT2D eigenvalue weighted by Crippen LogP contribution is -2.24. The zero-order valence-electron chi connectivity index (χ0n) is 15.6. The summed E-state index contributed by atoms with van der Waals surface area (Å²) >= 11 is 7.24. The third kappa shape index (κ3) is 4.40. The van der Waals surface area contributed by atoms with E-state index >= 15 is 0 Å². The van der Waals surface area contributed by atoms with Gasteiger partial charge in [-0.15, -0.1) is 10.2 Å². The van der Waals surface area contributed by atoms with E-state index in [1.807, 2.05) is 37.3 Å². The van der Waals surface area contributed by atoms with Gasteiger partial charge in [0, 0.05) is 10.6 Å². The maximum Gasteiger partial charge on any atom is 0.237 e. The number of aryl methyl sites for hydroxylation is 1. The fourth-order valence-corrected chi connectivity index (χ4v) is 3.51. The first-order chi connectivity index (χ1) is 13.4. The number of thioether (sulfide) groups is 1. The Bertz CT molecular complexity index is 1010. The summed E-state index contributed by atoms with van der Waals surface area (Å²) in [5, 5.41) is 11.7. The van der Waals surface area contributed by atoms with E-state index in [4.69, 9.17) is 22.2 Å². The number of hydrogen-bond donors (Lipinski definition) is 2. The molecule has 9 heteroatoms. The highest BCUT2D eigenvalue weighted by atomic mass is 35.5. The molecule has 1 heterocycles. The Balaban J connectivity index is 1.74. The molecule has 0 aliphatic heterocycles. The minimum Gasteiger partial charge on any atom is -0.495 e. The zero-order chi connectivity index (χ0) is 20.3. The number of aromatic nitrogens is 3. The molecule has 1 aromatic heterocycles. The maximum absolute atomic E-state index is 12.6. The number of benzene rings is 2. The number of nitrogen functional groups attached to an aromatic ring is 1. The van der Waals surface area contributed by atoms with Crippen molar-refractivity contribution in [3.8, 4) is 17.1 Å². The van der Waals surface area contributed by atoms with E-state index < -0.39 is 5.25 Å². The van der Waals surface area contributed by atoms with Crippen molar-refractivity contribution in [3.63, 3.8) is 0 Å². The Morgan fingerprint density at radius 1 is 1.29 bits per heavy atom. The first-order valence-corrected chi connectivity index (χ1v) is 9.73. The number of nitrogens with zero attached hydrogens (tertiary/aromatic N) is 3. The predicted molar refractivity (Wildman–Crippen MR) is 112 cm³/mol. The standard InChI is InChI=1S/C19H20ClN5O2S/c1-11-7-8-16(27-3)15(9-11)22-18(26)12(2)28-19-24-23-17(25(19)21)13-5-4-6-14(20)10-13/h4-10,12H,21H2,1-3H3,(H,22,26)/t12-/m0/s1. The highest BCUT2D eigenvalue weighted by Gasteiger charge is 2.21. The highest BCUT2D eigenvalue weighted by molar-refractivity contribution is 8.00. The van der Waals surface area contributed by atoms with Gasteiger partial charge in [-0.2, -0.15) is 0 Å². The summed E-state index contributed by atoms with van der Waals surface area (Å²) in [5.41, 5.74) is 2.38. The average molecular weight is 418 g/mol. The second-order valence-corrected chi connectivity index (χ2v) is 7.88. The smallest absolute Gasteiger partial charge is 0.237 e. The summed E-state index contributed by atoms with van der Waals surface area (Å²) in [6.07, 6.45) is 0. The van der Waals surface area contributed by atoms with Gasteiger partial charge in [0.1, 0.15) is 5.75 Å². The van der Waals surface area contributed by atoms with E-state index in [1.54, 1.807) is 26.2 Å². The van der Waals surface area contributed by atoms with Gasteiger partial charge in [0.15, 0.2) is 5.82 Å². The summed E-state index contributed by atoms with van der Waals surface area (Å²) in [5.74, 6) is 7.00. The van der Waals surface area contributed by atoms with Crippen LogP contribution in [-0.4, -0.2) is 33.1 Å². The summed E-state index contributed by atoms with van der Waals surface area (Å²) in [6, 6.07) is 12.8. The van der Waals surface area contributed by atoms with Crippen molar-refractivity contribution in [1.82, 2.24) is 14.9 Å². The van der Waals surface area contributed by atoms with Crippen LogP contribution < -0.4 is 15.9 Å². The van der Waals surface area contributed by atoms with Gasteiger partial charge < -0.3 is 15.9 Å². The maximum atomic E-state index is 12.6. The number of carbonyl (C=O) groups excluding carboxylic acids is 1. The molecule has 0 bridgehead atoms. The molecule has 0 saturated heterocycles. The molecule has 0 aliphatic carbocycles. The van der Waals surface area contributed by atoms with E-state index in [-0.39, 0.29) is 5.91 Å². The molecule has 0 saturated carbocycles. The van der Waals surface area contributed by atoms with Crippen molar-refractivity contribution < 1.29 is 9.53 Å². The van der Waals surface area contributed by atoms with Crippen molar-refractivity contribution in [1.29, 1.82) is 0 Å².